The smallest absolute Gasteiger partial charge is 0.257 e. The number of nitrogens with zero attached hydrogens (tertiary/aromatic N) is 2. The summed E-state index contributed by atoms with van der Waals surface area (Å²) in [5, 5.41) is 2.91. The highest BCUT2D eigenvalue weighted by Crippen LogP contribution is 2.15. The van der Waals surface area contributed by atoms with E-state index in [0.717, 1.165) is 32.7 Å². The van der Waals surface area contributed by atoms with Crippen LogP contribution in [-0.2, 0) is 4.79 Å². The second kappa shape index (κ2) is 6.41. The third kappa shape index (κ3) is 3.71. The van der Waals surface area contributed by atoms with Crippen LogP contribution in [0.1, 0.15) is 0 Å². The zero-order valence-electron chi connectivity index (χ0n) is 11.9. The van der Waals surface area contributed by atoms with Crippen molar-refractivity contribution in [2.24, 2.45) is 0 Å². The molecule has 0 spiro atoms. The fraction of sp³-hybridized carbons (Fsp3) is 0.533. The molecule has 2 bridgehead atoms. The summed E-state index contributed by atoms with van der Waals surface area (Å²) < 4.78 is 18.1. The first-order chi connectivity index (χ1) is 10.2. The zero-order valence-corrected chi connectivity index (χ0v) is 11.9. The molecule has 0 aliphatic carbocycles. The van der Waals surface area contributed by atoms with Crippen LogP contribution in [0.5, 0.6) is 5.75 Å². The molecule has 1 N–H and O–H groups in total. The molecule has 1 unspecified atom stereocenters. The summed E-state index contributed by atoms with van der Waals surface area (Å²) in [7, 11) is 0. The highest BCUT2D eigenvalue weighted by molar-refractivity contribution is 5.77. The van der Waals surface area contributed by atoms with E-state index in [2.05, 4.69) is 15.1 Å². The van der Waals surface area contributed by atoms with Gasteiger partial charge in [0, 0.05) is 45.3 Å². The predicted octanol–water partition coefficient (Wildman–Crippen LogP) is 0.320. The number of hydrogen-bond acceptors (Lipinski definition) is 4. The van der Waals surface area contributed by atoms with Gasteiger partial charge in [0.05, 0.1) is 0 Å². The van der Waals surface area contributed by atoms with Crippen molar-refractivity contribution in [3.8, 4) is 5.75 Å². The Bertz CT molecular complexity index is 486. The number of carbonyl (C=O) groups excluding carboxylic acids is 1. The Morgan fingerprint density at radius 3 is 2.57 bits per heavy atom. The van der Waals surface area contributed by atoms with Crippen molar-refractivity contribution < 1.29 is 13.9 Å². The quantitative estimate of drug-likeness (QED) is 0.849. The van der Waals surface area contributed by atoms with Gasteiger partial charge >= 0.3 is 0 Å². The minimum atomic E-state index is -0.316. The third-order valence-electron chi connectivity index (χ3n) is 4.11. The van der Waals surface area contributed by atoms with E-state index >= 15 is 0 Å². The molecular weight excluding hydrogens is 273 g/mol. The maximum absolute atomic E-state index is 12.7. The van der Waals surface area contributed by atoms with Crippen molar-refractivity contribution in [3.05, 3.63) is 30.1 Å². The van der Waals surface area contributed by atoms with Gasteiger partial charge in [-0.2, -0.15) is 0 Å². The van der Waals surface area contributed by atoms with E-state index in [9.17, 15) is 9.18 Å². The van der Waals surface area contributed by atoms with E-state index in [1.165, 1.54) is 24.3 Å². The first-order valence-corrected chi connectivity index (χ1v) is 7.32. The minimum absolute atomic E-state index is 0.0396. The Hall–Kier alpha value is -1.66. The number of piperazine rings is 3. The van der Waals surface area contributed by atoms with Gasteiger partial charge in [-0.3, -0.25) is 14.6 Å². The van der Waals surface area contributed by atoms with Crippen LogP contribution in [0.25, 0.3) is 0 Å². The second-order valence-electron chi connectivity index (χ2n) is 5.54. The Kier molecular flexibility index (Phi) is 4.36. The van der Waals surface area contributed by atoms with Crippen molar-refractivity contribution in [2.45, 2.75) is 6.04 Å². The molecule has 0 radical (unpaired) electrons. The number of amides is 1. The molecule has 3 aliphatic rings. The number of carbonyl (C=O) groups is 1. The van der Waals surface area contributed by atoms with Crippen LogP contribution in [-0.4, -0.2) is 67.6 Å². The molecule has 1 atom stereocenters. The second-order valence-corrected chi connectivity index (χ2v) is 5.54. The Labute approximate surface area is 123 Å². The van der Waals surface area contributed by atoms with Crippen LogP contribution in [0.2, 0.25) is 0 Å². The molecule has 1 aromatic rings. The first-order valence-electron chi connectivity index (χ1n) is 7.32. The van der Waals surface area contributed by atoms with Gasteiger partial charge in [0.1, 0.15) is 11.6 Å². The fourth-order valence-corrected chi connectivity index (χ4v) is 2.88. The van der Waals surface area contributed by atoms with Crippen molar-refractivity contribution in [1.82, 2.24) is 15.1 Å². The summed E-state index contributed by atoms with van der Waals surface area (Å²) >= 11 is 0. The van der Waals surface area contributed by atoms with Gasteiger partial charge in [-0.15, -0.1) is 0 Å². The molecule has 3 heterocycles. The number of rotatable bonds is 5. The van der Waals surface area contributed by atoms with Gasteiger partial charge in [-0.05, 0) is 24.3 Å². The number of hydrogen-bond donors (Lipinski definition) is 1. The first kappa shape index (κ1) is 14.3. The van der Waals surface area contributed by atoms with Crippen molar-refractivity contribution >= 4 is 5.91 Å². The Balaban J connectivity index is 1.39. The average Bonchev–Trinajstić information content (AvgIpc) is 2.53. The molecule has 6 heteroatoms. The largest absolute Gasteiger partial charge is 0.484 e. The fourth-order valence-electron chi connectivity index (χ4n) is 2.88. The zero-order chi connectivity index (χ0) is 14.7. The summed E-state index contributed by atoms with van der Waals surface area (Å²) in [6.07, 6.45) is 0. The average molecular weight is 293 g/mol. The molecule has 4 rings (SSSR count). The van der Waals surface area contributed by atoms with Crippen molar-refractivity contribution in [1.29, 1.82) is 0 Å². The number of nitrogens with one attached hydrogen (secondary N) is 1. The molecule has 0 saturated carbocycles. The summed E-state index contributed by atoms with van der Waals surface area (Å²) in [6, 6.07) is 6.06. The van der Waals surface area contributed by atoms with Gasteiger partial charge < -0.3 is 10.1 Å². The standard InChI is InChI=1S/C15H20FN3O2/c16-12-1-3-14(4-2-12)21-11-15(20)17-9-13-10-18-5-7-19(13)8-6-18/h1-4,13H,5-11H2,(H,17,20). The number of halogens is 1. The van der Waals surface area contributed by atoms with E-state index in [0.29, 0.717) is 18.3 Å². The van der Waals surface area contributed by atoms with Crippen LogP contribution in [0, 0.1) is 5.82 Å². The predicted molar refractivity (Wildman–Crippen MR) is 76.7 cm³/mol. The van der Waals surface area contributed by atoms with Gasteiger partial charge in [0.2, 0.25) is 0 Å². The van der Waals surface area contributed by atoms with Gasteiger partial charge in [-0.25, -0.2) is 4.39 Å². The summed E-state index contributed by atoms with van der Waals surface area (Å²) in [6.45, 7) is 6.10. The summed E-state index contributed by atoms with van der Waals surface area (Å²) in [5.41, 5.74) is 0. The van der Waals surface area contributed by atoms with E-state index in [1.54, 1.807) is 0 Å². The lowest BCUT2D eigenvalue weighted by molar-refractivity contribution is -0.123. The van der Waals surface area contributed by atoms with Gasteiger partial charge in [0.15, 0.2) is 6.61 Å². The molecule has 3 aliphatic heterocycles. The monoisotopic (exact) mass is 293 g/mol. The topological polar surface area (TPSA) is 44.8 Å². The normalized spacial score (nSPS) is 27.4. The number of ether oxygens (including phenoxy) is 1. The van der Waals surface area contributed by atoms with E-state index in [-0.39, 0.29) is 18.3 Å². The molecule has 1 amide bonds. The molecule has 0 aromatic heterocycles. The third-order valence-corrected chi connectivity index (χ3v) is 4.11. The lowest BCUT2D eigenvalue weighted by Gasteiger charge is -2.47. The molecule has 3 saturated heterocycles. The summed E-state index contributed by atoms with van der Waals surface area (Å²) in [4.78, 5) is 16.7. The van der Waals surface area contributed by atoms with Crippen LogP contribution < -0.4 is 10.1 Å². The Morgan fingerprint density at radius 2 is 1.95 bits per heavy atom. The lowest BCUT2D eigenvalue weighted by atomic mass is 10.1. The van der Waals surface area contributed by atoms with Crippen LogP contribution in [0.4, 0.5) is 4.39 Å². The molecule has 114 valence electrons. The SMILES string of the molecule is O=C(COc1ccc(F)cc1)NCC1CN2CCN1CC2. The summed E-state index contributed by atoms with van der Waals surface area (Å²) in [5.74, 6) is 0.0401. The maximum atomic E-state index is 12.7. The molecule has 5 nitrogen and oxygen atoms in total. The van der Waals surface area contributed by atoms with Crippen LogP contribution >= 0.6 is 0 Å². The van der Waals surface area contributed by atoms with Crippen molar-refractivity contribution in [2.75, 3.05) is 45.9 Å². The highest BCUT2D eigenvalue weighted by Gasteiger charge is 2.31. The van der Waals surface area contributed by atoms with E-state index < -0.39 is 0 Å². The maximum Gasteiger partial charge on any atom is 0.257 e. The molecular formula is C15H20FN3O2. The number of fused-ring (bicyclic) bond motifs is 3. The van der Waals surface area contributed by atoms with Gasteiger partial charge in [0.25, 0.3) is 5.91 Å². The van der Waals surface area contributed by atoms with Crippen LogP contribution in [0.15, 0.2) is 24.3 Å². The molecule has 1 aromatic carbocycles. The Morgan fingerprint density at radius 1 is 1.24 bits per heavy atom. The van der Waals surface area contributed by atoms with Crippen molar-refractivity contribution in [3.63, 3.8) is 0 Å². The van der Waals surface area contributed by atoms with Gasteiger partial charge in [-0.1, -0.05) is 0 Å². The highest BCUT2D eigenvalue weighted by atomic mass is 19.1. The van der Waals surface area contributed by atoms with Crippen LogP contribution in [0.3, 0.4) is 0 Å². The minimum Gasteiger partial charge on any atom is -0.484 e. The van der Waals surface area contributed by atoms with E-state index in [4.69, 9.17) is 4.74 Å². The molecule has 3 fully saturated rings. The molecule has 21 heavy (non-hydrogen) atoms. The number of benzene rings is 1. The lowest BCUT2D eigenvalue weighted by Crippen LogP contribution is -2.63. The van der Waals surface area contributed by atoms with E-state index in [1.807, 2.05) is 0 Å².